The molecule has 1 aromatic heterocycles. The molecule has 2 aromatic carbocycles. The van der Waals surface area contributed by atoms with Crippen molar-refractivity contribution in [1.29, 1.82) is 0 Å². The van der Waals surface area contributed by atoms with Gasteiger partial charge in [-0.25, -0.2) is 4.99 Å². The van der Waals surface area contributed by atoms with E-state index < -0.39 is 0 Å². The van der Waals surface area contributed by atoms with Crippen LogP contribution in [-0.2, 0) is 0 Å². The third-order valence-electron chi connectivity index (χ3n) is 5.62. The van der Waals surface area contributed by atoms with Crippen LogP contribution in [0.5, 0.6) is 11.5 Å². The van der Waals surface area contributed by atoms with Gasteiger partial charge in [0.1, 0.15) is 11.5 Å². The molecule has 0 bridgehead atoms. The van der Waals surface area contributed by atoms with E-state index in [0.717, 1.165) is 56.1 Å². The molecule has 0 amide bonds. The minimum atomic E-state index is 0.525. The van der Waals surface area contributed by atoms with Gasteiger partial charge in [0.05, 0.1) is 25.6 Å². The first kappa shape index (κ1) is 21.7. The zero-order chi connectivity index (χ0) is 22.7. The fraction of sp³-hybridized carbons (Fsp3) is 0.192. The lowest BCUT2D eigenvalue weighted by molar-refractivity contribution is 0.414. The average Bonchev–Trinajstić information content (AvgIpc) is 3.40. The summed E-state index contributed by atoms with van der Waals surface area (Å²) in [6, 6.07) is 13.9. The predicted octanol–water partition coefficient (Wildman–Crippen LogP) is 4.76. The molecule has 160 valence electrons. The van der Waals surface area contributed by atoms with E-state index in [0.29, 0.717) is 13.0 Å². The van der Waals surface area contributed by atoms with Gasteiger partial charge in [0, 0.05) is 16.7 Å². The molecule has 3 aromatic rings. The number of hydrogen-bond donors (Lipinski definition) is 1. The van der Waals surface area contributed by atoms with Crippen LogP contribution in [0.3, 0.4) is 0 Å². The van der Waals surface area contributed by atoms with Crippen LogP contribution in [0.25, 0.3) is 22.4 Å². The Kier molecular flexibility index (Phi) is 6.33. The molecule has 0 atom stereocenters. The number of ether oxygens (including phenoxy) is 2. The first-order chi connectivity index (χ1) is 15.5. The van der Waals surface area contributed by atoms with Crippen LogP contribution in [0.15, 0.2) is 77.1 Å². The molecule has 0 spiro atoms. The number of benzene rings is 2. The summed E-state index contributed by atoms with van der Waals surface area (Å²) in [4.78, 5) is 4.89. The second-order valence-corrected chi connectivity index (χ2v) is 7.63. The third-order valence-corrected chi connectivity index (χ3v) is 5.62. The van der Waals surface area contributed by atoms with Gasteiger partial charge in [0.25, 0.3) is 0 Å². The molecule has 5 nitrogen and oxygen atoms in total. The lowest BCUT2D eigenvalue weighted by Gasteiger charge is -2.12. The molecule has 6 heteroatoms. The van der Waals surface area contributed by atoms with Gasteiger partial charge < -0.3 is 19.7 Å². The van der Waals surface area contributed by atoms with Gasteiger partial charge in [-0.1, -0.05) is 12.1 Å². The molecule has 2 heterocycles. The van der Waals surface area contributed by atoms with Crippen LogP contribution in [0, 0.1) is 0 Å². The van der Waals surface area contributed by atoms with E-state index in [2.05, 4.69) is 19.1 Å². The molecule has 1 aliphatic rings. The Bertz CT molecular complexity index is 1280. The molecule has 1 aliphatic heterocycles. The highest BCUT2D eigenvalue weighted by Crippen LogP contribution is 2.33. The highest BCUT2D eigenvalue weighted by atomic mass is 16.5. The Hall–Kier alpha value is -3.51. The predicted molar refractivity (Wildman–Crippen MR) is 133 cm³/mol. The molecule has 4 rings (SSSR count). The number of nitrogens with two attached hydrogens (primary N) is 1. The van der Waals surface area contributed by atoms with Gasteiger partial charge in [0.15, 0.2) is 0 Å². The zero-order valence-corrected chi connectivity index (χ0v) is 18.6. The number of rotatable bonds is 7. The Morgan fingerprint density at radius 3 is 2.62 bits per heavy atom. The van der Waals surface area contributed by atoms with Crippen molar-refractivity contribution in [2.45, 2.75) is 13.3 Å². The summed E-state index contributed by atoms with van der Waals surface area (Å²) < 4.78 is 12.6. The number of nitrogens with zero attached hydrogens (tertiary/aromatic N) is 2. The summed E-state index contributed by atoms with van der Waals surface area (Å²) in [6.45, 7) is 2.59. The third kappa shape index (κ3) is 4.14. The van der Waals surface area contributed by atoms with E-state index in [-0.39, 0.29) is 0 Å². The van der Waals surface area contributed by atoms with E-state index in [1.807, 2.05) is 54.7 Å². The number of hydrogen-bond acceptors (Lipinski definition) is 4. The van der Waals surface area contributed by atoms with Crippen LogP contribution >= 0.6 is 0 Å². The maximum Gasteiger partial charge on any atom is 0.234 e. The summed E-state index contributed by atoms with van der Waals surface area (Å²) in [7, 11) is 9.44. The fourth-order valence-corrected chi connectivity index (χ4v) is 4.04. The Labute approximate surface area is 190 Å². The largest absolute Gasteiger partial charge is 0.497 e. The molecule has 0 aliphatic carbocycles. The lowest BCUT2D eigenvalue weighted by atomic mass is 10.0. The topological polar surface area (TPSA) is 61.8 Å². The summed E-state index contributed by atoms with van der Waals surface area (Å²) in [5.74, 6) is 1.63. The number of fused-ring (bicyclic) bond motifs is 1. The van der Waals surface area contributed by atoms with Gasteiger partial charge in [-0.05, 0) is 91.2 Å². The molecule has 2 radical (unpaired) electrons. The van der Waals surface area contributed by atoms with Crippen molar-refractivity contribution in [3.05, 3.63) is 83.3 Å². The van der Waals surface area contributed by atoms with Gasteiger partial charge in [-0.2, -0.15) is 0 Å². The smallest absolute Gasteiger partial charge is 0.234 e. The number of aliphatic imine (C=N–C) groups is 1. The molecular weight excluding hydrogens is 397 g/mol. The van der Waals surface area contributed by atoms with Gasteiger partial charge in [0.2, 0.25) is 7.98 Å². The summed E-state index contributed by atoms with van der Waals surface area (Å²) in [5, 5.41) is 2.09. The summed E-state index contributed by atoms with van der Waals surface area (Å²) >= 11 is 0. The molecule has 0 fully saturated rings. The van der Waals surface area contributed by atoms with E-state index in [9.17, 15) is 0 Å². The van der Waals surface area contributed by atoms with Gasteiger partial charge in [-0.3, -0.25) is 0 Å². The normalized spacial score (nSPS) is 15.2. The molecule has 32 heavy (non-hydrogen) atoms. The van der Waals surface area contributed by atoms with Crippen LogP contribution in [0.1, 0.15) is 24.6 Å². The Morgan fingerprint density at radius 1 is 1.09 bits per heavy atom. The van der Waals surface area contributed by atoms with Crippen molar-refractivity contribution >= 4 is 36.1 Å². The first-order valence-corrected chi connectivity index (χ1v) is 10.5. The second kappa shape index (κ2) is 9.33. The minimum absolute atomic E-state index is 0.525. The van der Waals surface area contributed by atoms with Crippen molar-refractivity contribution in [2.24, 2.45) is 10.7 Å². The van der Waals surface area contributed by atoms with Crippen molar-refractivity contribution in [3.63, 3.8) is 0 Å². The van der Waals surface area contributed by atoms with Crippen LogP contribution < -0.4 is 15.2 Å². The summed E-state index contributed by atoms with van der Waals surface area (Å²) in [6.07, 6.45) is 8.71. The SMILES string of the molecule is [B]n1cccc1/C(CCN)=C1N=C(/C=C/c2ccc(OC)c3ccc(OC)cc23)C=C\1C. The average molecular weight is 423 g/mol. The fourth-order valence-electron chi connectivity index (χ4n) is 4.04. The Balaban J connectivity index is 1.74. The minimum Gasteiger partial charge on any atom is -0.497 e. The van der Waals surface area contributed by atoms with E-state index in [1.165, 1.54) is 0 Å². The maximum absolute atomic E-state index is 6.09. The van der Waals surface area contributed by atoms with Crippen LogP contribution in [-0.4, -0.2) is 38.9 Å². The van der Waals surface area contributed by atoms with E-state index in [1.54, 1.807) is 18.7 Å². The second-order valence-electron chi connectivity index (χ2n) is 7.63. The van der Waals surface area contributed by atoms with Crippen LogP contribution in [0.2, 0.25) is 0 Å². The molecule has 0 saturated carbocycles. The zero-order valence-electron chi connectivity index (χ0n) is 18.6. The summed E-state index contributed by atoms with van der Waals surface area (Å²) in [5.41, 5.74) is 11.8. The monoisotopic (exact) mass is 423 g/mol. The van der Waals surface area contributed by atoms with Crippen LogP contribution in [0.4, 0.5) is 0 Å². The molecule has 0 unspecified atom stereocenters. The van der Waals surface area contributed by atoms with Gasteiger partial charge in [-0.15, -0.1) is 0 Å². The lowest BCUT2D eigenvalue weighted by Crippen LogP contribution is -2.05. The number of allylic oxidation sites excluding steroid dienone is 3. The standard InChI is InChI=1S/C26H26BN3O2/c1-17-15-19(29-26(17)22(12-13-28)24-5-4-14-30(24)27)8-6-18-7-11-25(32-3)21-10-9-20(31-2)16-23(18)21/h4-11,14-16H,12-13,28H2,1-3H3/b8-6+,26-22-. The molecule has 2 N–H and O–H groups in total. The van der Waals surface area contributed by atoms with Gasteiger partial charge >= 0.3 is 0 Å². The number of methoxy groups -OCH3 is 2. The van der Waals surface area contributed by atoms with Crippen molar-refractivity contribution in [3.8, 4) is 11.5 Å². The molecule has 0 saturated heterocycles. The highest BCUT2D eigenvalue weighted by Gasteiger charge is 2.17. The molecular formula is C26H26BN3O2. The van der Waals surface area contributed by atoms with Crippen molar-refractivity contribution in [1.82, 2.24) is 4.48 Å². The quantitative estimate of drug-likeness (QED) is 0.558. The van der Waals surface area contributed by atoms with Crippen molar-refractivity contribution in [2.75, 3.05) is 20.8 Å². The van der Waals surface area contributed by atoms with E-state index in [4.69, 9.17) is 28.2 Å². The van der Waals surface area contributed by atoms with Crippen molar-refractivity contribution < 1.29 is 9.47 Å². The number of aromatic nitrogens is 1. The van der Waals surface area contributed by atoms with E-state index >= 15 is 0 Å². The first-order valence-electron chi connectivity index (χ1n) is 10.5. The maximum atomic E-state index is 6.09. The highest BCUT2D eigenvalue weighted by molar-refractivity contribution is 6.12. The Morgan fingerprint density at radius 2 is 1.94 bits per heavy atom.